The van der Waals surface area contributed by atoms with Gasteiger partial charge in [0.05, 0.1) is 4.92 Å². The van der Waals surface area contributed by atoms with Crippen LogP contribution in [-0.4, -0.2) is 15.1 Å². The van der Waals surface area contributed by atoms with Crippen LogP contribution in [0.4, 0.5) is 5.69 Å². The van der Waals surface area contributed by atoms with Gasteiger partial charge in [-0.25, -0.2) is 0 Å². The van der Waals surface area contributed by atoms with E-state index in [4.69, 9.17) is 27.7 Å². The van der Waals surface area contributed by atoms with Gasteiger partial charge in [0.15, 0.2) is 5.82 Å². The molecular formula is C15H9Cl2N3O3. The number of halogens is 2. The van der Waals surface area contributed by atoms with E-state index in [2.05, 4.69) is 10.1 Å². The van der Waals surface area contributed by atoms with Crippen molar-refractivity contribution in [1.82, 2.24) is 10.1 Å². The van der Waals surface area contributed by atoms with Gasteiger partial charge in [-0.1, -0.05) is 34.4 Å². The average molecular weight is 350 g/mol. The first-order chi connectivity index (χ1) is 11.0. The van der Waals surface area contributed by atoms with Crippen molar-refractivity contribution in [2.75, 3.05) is 0 Å². The summed E-state index contributed by atoms with van der Waals surface area (Å²) in [5.41, 5.74) is 1.44. The maximum Gasteiger partial charge on any atom is 0.269 e. The molecular weight excluding hydrogens is 341 g/mol. The van der Waals surface area contributed by atoms with E-state index in [1.165, 1.54) is 12.1 Å². The van der Waals surface area contributed by atoms with E-state index in [9.17, 15) is 10.1 Å². The molecule has 0 spiro atoms. The molecule has 6 nitrogen and oxygen atoms in total. The van der Waals surface area contributed by atoms with Crippen LogP contribution in [0.3, 0.4) is 0 Å². The van der Waals surface area contributed by atoms with Gasteiger partial charge in [0.1, 0.15) is 0 Å². The predicted octanol–water partition coefficient (Wildman–Crippen LogP) is 4.54. The van der Waals surface area contributed by atoms with E-state index in [1.807, 2.05) is 0 Å². The van der Waals surface area contributed by atoms with E-state index in [0.717, 1.165) is 5.56 Å². The summed E-state index contributed by atoms with van der Waals surface area (Å²) in [6.07, 6.45) is 0.395. The maximum atomic E-state index is 10.6. The van der Waals surface area contributed by atoms with E-state index in [-0.39, 0.29) is 5.69 Å². The third-order valence-corrected chi connectivity index (χ3v) is 3.74. The van der Waals surface area contributed by atoms with Crippen LogP contribution >= 0.6 is 23.2 Å². The molecule has 0 amide bonds. The van der Waals surface area contributed by atoms with Crippen LogP contribution in [0.1, 0.15) is 11.4 Å². The average Bonchev–Trinajstić information content (AvgIpc) is 2.99. The number of nitro benzene ring substituents is 1. The fourth-order valence-corrected chi connectivity index (χ4v) is 2.48. The summed E-state index contributed by atoms with van der Waals surface area (Å²) in [7, 11) is 0. The zero-order chi connectivity index (χ0) is 16.4. The molecule has 0 fully saturated rings. The van der Waals surface area contributed by atoms with Crippen molar-refractivity contribution in [3.8, 4) is 11.5 Å². The summed E-state index contributed by atoms with van der Waals surface area (Å²) in [6.45, 7) is 0. The minimum atomic E-state index is -0.467. The summed E-state index contributed by atoms with van der Waals surface area (Å²) in [4.78, 5) is 14.5. The fraction of sp³-hybridized carbons (Fsp3) is 0.0667. The summed E-state index contributed by atoms with van der Waals surface area (Å²) in [5, 5.41) is 15.6. The number of hydrogen-bond acceptors (Lipinski definition) is 5. The Morgan fingerprint density at radius 3 is 2.52 bits per heavy atom. The first-order valence-electron chi connectivity index (χ1n) is 6.54. The van der Waals surface area contributed by atoms with Crippen molar-refractivity contribution in [2.45, 2.75) is 6.42 Å². The number of benzene rings is 2. The second kappa shape index (κ2) is 6.36. The molecule has 8 heteroatoms. The van der Waals surface area contributed by atoms with Crippen LogP contribution in [0.25, 0.3) is 11.5 Å². The van der Waals surface area contributed by atoms with Gasteiger partial charge < -0.3 is 4.52 Å². The van der Waals surface area contributed by atoms with Crippen LogP contribution in [-0.2, 0) is 6.42 Å². The Kier molecular flexibility index (Phi) is 4.27. The number of non-ortho nitro benzene ring substituents is 1. The van der Waals surface area contributed by atoms with Crippen LogP contribution in [0, 0.1) is 10.1 Å². The topological polar surface area (TPSA) is 82.1 Å². The highest BCUT2D eigenvalue weighted by Gasteiger charge is 2.12. The summed E-state index contributed by atoms with van der Waals surface area (Å²) in [5.74, 6) is 0.752. The molecule has 0 saturated carbocycles. The Morgan fingerprint density at radius 2 is 1.87 bits per heavy atom. The van der Waals surface area contributed by atoms with Gasteiger partial charge in [0.25, 0.3) is 11.6 Å². The normalized spacial score (nSPS) is 10.7. The molecule has 0 saturated heterocycles. The smallest absolute Gasteiger partial charge is 0.269 e. The summed E-state index contributed by atoms with van der Waals surface area (Å²) >= 11 is 12.0. The molecule has 1 heterocycles. The number of rotatable bonds is 4. The molecule has 3 aromatic rings. The number of nitro groups is 1. The Labute approximate surface area is 140 Å². The molecule has 116 valence electrons. The Hall–Kier alpha value is -2.44. The lowest BCUT2D eigenvalue weighted by Crippen LogP contribution is -1.92. The molecule has 0 aliphatic heterocycles. The van der Waals surface area contributed by atoms with E-state index in [1.54, 1.807) is 30.3 Å². The zero-order valence-electron chi connectivity index (χ0n) is 11.6. The van der Waals surface area contributed by atoms with Crippen molar-refractivity contribution >= 4 is 28.9 Å². The monoisotopic (exact) mass is 349 g/mol. The summed E-state index contributed by atoms with van der Waals surface area (Å²) in [6, 6.07) is 11.1. The lowest BCUT2D eigenvalue weighted by molar-refractivity contribution is -0.384. The first kappa shape index (κ1) is 15.5. The quantitative estimate of drug-likeness (QED) is 0.509. The van der Waals surface area contributed by atoms with Gasteiger partial charge in [-0.15, -0.1) is 0 Å². The largest absolute Gasteiger partial charge is 0.334 e. The molecule has 0 aliphatic rings. The molecule has 23 heavy (non-hydrogen) atoms. The number of hydrogen-bond donors (Lipinski definition) is 0. The van der Waals surface area contributed by atoms with Gasteiger partial charge >= 0.3 is 0 Å². The lowest BCUT2D eigenvalue weighted by atomic mass is 10.1. The molecule has 1 aromatic heterocycles. The van der Waals surface area contributed by atoms with E-state index < -0.39 is 4.92 Å². The van der Waals surface area contributed by atoms with Crippen molar-refractivity contribution in [3.05, 3.63) is 74.0 Å². The highest BCUT2D eigenvalue weighted by Crippen LogP contribution is 2.24. The second-order valence-corrected chi connectivity index (χ2v) is 5.58. The summed E-state index contributed by atoms with van der Waals surface area (Å²) < 4.78 is 5.19. The Bertz CT molecular complexity index is 863. The molecule has 3 rings (SSSR count). The molecule has 0 aliphatic carbocycles. The van der Waals surface area contributed by atoms with Crippen molar-refractivity contribution in [2.24, 2.45) is 0 Å². The van der Waals surface area contributed by atoms with Gasteiger partial charge in [-0.3, -0.25) is 10.1 Å². The molecule has 0 bridgehead atoms. The van der Waals surface area contributed by atoms with Crippen molar-refractivity contribution in [1.29, 1.82) is 0 Å². The van der Waals surface area contributed by atoms with Crippen LogP contribution in [0.5, 0.6) is 0 Å². The van der Waals surface area contributed by atoms with Crippen molar-refractivity contribution in [3.63, 3.8) is 0 Å². The SMILES string of the molecule is O=[N+]([O-])c1ccc(-c2nc(Cc3ccc(Cl)cc3Cl)no2)cc1. The van der Waals surface area contributed by atoms with Gasteiger partial charge in [-0.2, -0.15) is 4.98 Å². The molecule has 0 N–H and O–H groups in total. The Morgan fingerprint density at radius 1 is 1.13 bits per heavy atom. The standard InChI is InChI=1S/C15H9Cl2N3O3/c16-11-4-1-10(13(17)8-11)7-14-18-15(23-19-14)9-2-5-12(6-3-9)20(21)22/h1-6,8H,7H2. The van der Waals surface area contributed by atoms with Gasteiger partial charge in [0, 0.05) is 34.2 Å². The van der Waals surface area contributed by atoms with Crippen LogP contribution < -0.4 is 0 Å². The van der Waals surface area contributed by atoms with E-state index >= 15 is 0 Å². The predicted molar refractivity (Wildman–Crippen MR) is 85.7 cm³/mol. The van der Waals surface area contributed by atoms with Crippen molar-refractivity contribution < 1.29 is 9.45 Å². The second-order valence-electron chi connectivity index (χ2n) is 4.73. The third-order valence-electron chi connectivity index (χ3n) is 3.16. The first-order valence-corrected chi connectivity index (χ1v) is 7.30. The molecule has 2 aromatic carbocycles. The maximum absolute atomic E-state index is 10.6. The van der Waals surface area contributed by atoms with Crippen LogP contribution in [0.2, 0.25) is 10.0 Å². The van der Waals surface area contributed by atoms with Gasteiger partial charge in [-0.05, 0) is 29.8 Å². The highest BCUT2D eigenvalue weighted by molar-refractivity contribution is 6.35. The number of nitrogens with zero attached hydrogens (tertiary/aromatic N) is 3. The third kappa shape index (κ3) is 3.49. The molecule has 0 atom stereocenters. The van der Waals surface area contributed by atoms with Gasteiger partial charge in [0.2, 0.25) is 0 Å². The van der Waals surface area contributed by atoms with Crippen LogP contribution in [0.15, 0.2) is 47.0 Å². The number of aromatic nitrogens is 2. The minimum absolute atomic E-state index is 0.00133. The highest BCUT2D eigenvalue weighted by atomic mass is 35.5. The lowest BCUT2D eigenvalue weighted by Gasteiger charge is -2.00. The minimum Gasteiger partial charge on any atom is -0.334 e. The van der Waals surface area contributed by atoms with E-state index in [0.29, 0.717) is 33.7 Å². The zero-order valence-corrected chi connectivity index (χ0v) is 13.1. The molecule has 0 unspecified atom stereocenters. The Balaban J connectivity index is 1.81. The fourth-order valence-electron chi connectivity index (χ4n) is 2.00. The molecule has 0 radical (unpaired) electrons.